The normalized spacial score (nSPS) is 27.1. The van der Waals surface area contributed by atoms with Crippen LogP contribution in [0, 0.1) is 17.3 Å². The summed E-state index contributed by atoms with van der Waals surface area (Å²) in [5.41, 5.74) is 6.40. The Morgan fingerprint density at radius 1 is 1.40 bits per heavy atom. The van der Waals surface area contributed by atoms with Crippen molar-refractivity contribution in [1.29, 1.82) is 0 Å². The highest BCUT2D eigenvalue weighted by molar-refractivity contribution is 4.97. The van der Waals surface area contributed by atoms with E-state index in [9.17, 15) is 0 Å². The largest absolute Gasteiger partial charge is 0.330 e. The van der Waals surface area contributed by atoms with E-state index in [1.54, 1.807) is 6.33 Å². The Morgan fingerprint density at radius 3 is 2.65 bits per heavy atom. The molecule has 2 N–H and O–H groups in total. The lowest BCUT2D eigenvalue weighted by Gasteiger charge is -2.40. The second-order valence-corrected chi connectivity index (χ2v) is 6.86. The van der Waals surface area contributed by atoms with E-state index in [1.165, 1.54) is 25.7 Å². The van der Waals surface area contributed by atoms with Gasteiger partial charge in [0.1, 0.15) is 12.2 Å². The predicted molar refractivity (Wildman–Crippen MR) is 82.3 cm³/mol. The van der Waals surface area contributed by atoms with Gasteiger partial charge >= 0.3 is 0 Å². The lowest BCUT2D eigenvalue weighted by molar-refractivity contribution is 0.129. The number of aromatic nitrogens is 3. The standard InChI is InChI=1S/C16H30N4/c1-4-9-20-15(18-12-19-20)10-16(11-17)7-5-14(6-8-16)13(2)3/h12-14H,4-11,17H2,1-3H3. The molecule has 114 valence electrons. The molecule has 1 saturated carbocycles. The summed E-state index contributed by atoms with van der Waals surface area (Å²) >= 11 is 0. The average Bonchev–Trinajstić information content (AvgIpc) is 2.87. The van der Waals surface area contributed by atoms with Gasteiger partial charge in [0.05, 0.1) is 0 Å². The summed E-state index contributed by atoms with van der Waals surface area (Å²) < 4.78 is 2.06. The summed E-state index contributed by atoms with van der Waals surface area (Å²) in [5, 5.41) is 4.34. The van der Waals surface area contributed by atoms with E-state index in [-0.39, 0.29) is 5.41 Å². The van der Waals surface area contributed by atoms with Gasteiger partial charge < -0.3 is 5.73 Å². The second kappa shape index (κ2) is 6.70. The molecular weight excluding hydrogens is 248 g/mol. The number of hydrogen-bond acceptors (Lipinski definition) is 3. The monoisotopic (exact) mass is 278 g/mol. The number of aryl methyl sites for hydroxylation is 1. The van der Waals surface area contributed by atoms with E-state index in [4.69, 9.17) is 5.73 Å². The first kappa shape index (κ1) is 15.5. The van der Waals surface area contributed by atoms with Crippen molar-refractivity contribution in [2.24, 2.45) is 23.0 Å². The molecule has 1 aliphatic carbocycles. The fraction of sp³-hybridized carbons (Fsp3) is 0.875. The van der Waals surface area contributed by atoms with Crippen molar-refractivity contribution in [3.8, 4) is 0 Å². The zero-order chi connectivity index (χ0) is 14.6. The summed E-state index contributed by atoms with van der Waals surface area (Å²) in [6, 6.07) is 0. The molecule has 1 aliphatic rings. The molecule has 1 aromatic rings. The number of hydrogen-bond donors (Lipinski definition) is 1. The zero-order valence-electron chi connectivity index (χ0n) is 13.3. The maximum absolute atomic E-state index is 6.14. The van der Waals surface area contributed by atoms with Gasteiger partial charge in [0, 0.05) is 13.0 Å². The lowest BCUT2D eigenvalue weighted by Crippen LogP contribution is -2.38. The summed E-state index contributed by atoms with van der Waals surface area (Å²) in [5.74, 6) is 2.80. The molecule has 4 nitrogen and oxygen atoms in total. The molecule has 0 atom stereocenters. The van der Waals surface area contributed by atoms with E-state index in [1.807, 2.05) is 0 Å². The molecule has 0 spiro atoms. The van der Waals surface area contributed by atoms with Gasteiger partial charge in [0.2, 0.25) is 0 Å². The number of nitrogens with two attached hydrogens (primary N) is 1. The summed E-state index contributed by atoms with van der Waals surface area (Å²) in [6.07, 6.45) is 8.90. The number of rotatable bonds is 6. The average molecular weight is 278 g/mol. The molecular formula is C16H30N4. The third-order valence-electron chi connectivity index (χ3n) is 5.13. The van der Waals surface area contributed by atoms with Crippen LogP contribution in [-0.4, -0.2) is 21.3 Å². The molecule has 0 radical (unpaired) electrons. The molecule has 1 heterocycles. The molecule has 0 saturated heterocycles. The second-order valence-electron chi connectivity index (χ2n) is 6.86. The van der Waals surface area contributed by atoms with Gasteiger partial charge in [-0.1, -0.05) is 20.8 Å². The highest BCUT2D eigenvalue weighted by Crippen LogP contribution is 2.42. The van der Waals surface area contributed by atoms with Crippen molar-refractivity contribution < 1.29 is 0 Å². The predicted octanol–water partition coefficient (Wildman–Crippen LogP) is 3.02. The Hall–Kier alpha value is -0.900. The van der Waals surface area contributed by atoms with Gasteiger partial charge in [-0.05, 0) is 55.9 Å². The fourth-order valence-corrected chi connectivity index (χ4v) is 3.53. The van der Waals surface area contributed by atoms with Crippen molar-refractivity contribution >= 4 is 0 Å². The lowest BCUT2D eigenvalue weighted by atomic mass is 9.66. The van der Waals surface area contributed by atoms with Crippen LogP contribution in [0.25, 0.3) is 0 Å². The SMILES string of the molecule is CCCn1ncnc1CC1(CN)CCC(C(C)C)CC1. The quantitative estimate of drug-likeness (QED) is 0.870. The van der Waals surface area contributed by atoms with Crippen LogP contribution in [0.2, 0.25) is 0 Å². The molecule has 0 aliphatic heterocycles. The van der Waals surface area contributed by atoms with Gasteiger partial charge in [-0.3, -0.25) is 4.68 Å². The van der Waals surface area contributed by atoms with Crippen LogP contribution >= 0.6 is 0 Å². The van der Waals surface area contributed by atoms with Crippen LogP contribution in [0.4, 0.5) is 0 Å². The first-order valence-electron chi connectivity index (χ1n) is 8.17. The molecule has 20 heavy (non-hydrogen) atoms. The van der Waals surface area contributed by atoms with Crippen molar-refractivity contribution in [1.82, 2.24) is 14.8 Å². The molecule has 0 aromatic carbocycles. The third-order valence-corrected chi connectivity index (χ3v) is 5.13. The molecule has 1 aromatic heterocycles. The topological polar surface area (TPSA) is 56.7 Å². The number of nitrogens with zero attached hydrogens (tertiary/aromatic N) is 3. The molecule has 1 fully saturated rings. The van der Waals surface area contributed by atoms with Crippen LogP contribution in [0.5, 0.6) is 0 Å². The zero-order valence-corrected chi connectivity index (χ0v) is 13.3. The molecule has 2 rings (SSSR count). The van der Waals surface area contributed by atoms with Crippen molar-refractivity contribution in [2.75, 3.05) is 6.54 Å². The molecule has 0 unspecified atom stereocenters. The van der Waals surface area contributed by atoms with Crippen LogP contribution in [-0.2, 0) is 13.0 Å². The third kappa shape index (κ3) is 3.40. The maximum Gasteiger partial charge on any atom is 0.138 e. The summed E-state index contributed by atoms with van der Waals surface area (Å²) in [7, 11) is 0. The Labute approximate surface area is 123 Å². The first-order valence-corrected chi connectivity index (χ1v) is 8.17. The van der Waals surface area contributed by atoms with E-state index < -0.39 is 0 Å². The van der Waals surface area contributed by atoms with E-state index in [0.717, 1.165) is 43.6 Å². The Kier molecular flexibility index (Phi) is 5.19. The van der Waals surface area contributed by atoms with E-state index in [2.05, 4.69) is 35.5 Å². The minimum absolute atomic E-state index is 0.254. The van der Waals surface area contributed by atoms with Crippen LogP contribution in [0.1, 0.15) is 58.7 Å². The molecule has 4 heteroatoms. The van der Waals surface area contributed by atoms with Crippen LogP contribution in [0.3, 0.4) is 0 Å². The fourth-order valence-electron chi connectivity index (χ4n) is 3.53. The van der Waals surface area contributed by atoms with Gasteiger partial charge in [-0.25, -0.2) is 4.98 Å². The van der Waals surface area contributed by atoms with Crippen molar-refractivity contribution in [2.45, 2.75) is 65.8 Å². The van der Waals surface area contributed by atoms with Gasteiger partial charge in [-0.15, -0.1) is 0 Å². The van der Waals surface area contributed by atoms with Gasteiger partial charge in [0.25, 0.3) is 0 Å². The van der Waals surface area contributed by atoms with Crippen LogP contribution in [0.15, 0.2) is 6.33 Å². The summed E-state index contributed by atoms with van der Waals surface area (Å²) in [6.45, 7) is 8.61. The minimum atomic E-state index is 0.254. The smallest absolute Gasteiger partial charge is 0.138 e. The van der Waals surface area contributed by atoms with Gasteiger partial charge in [-0.2, -0.15) is 5.10 Å². The first-order chi connectivity index (χ1) is 9.60. The highest BCUT2D eigenvalue weighted by atomic mass is 15.3. The van der Waals surface area contributed by atoms with Gasteiger partial charge in [0.15, 0.2) is 0 Å². The highest BCUT2D eigenvalue weighted by Gasteiger charge is 2.36. The Balaban J connectivity index is 2.03. The van der Waals surface area contributed by atoms with Crippen LogP contribution < -0.4 is 5.73 Å². The minimum Gasteiger partial charge on any atom is -0.330 e. The Bertz CT molecular complexity index is 402. The van der Waals surface area contributed by atoms with E-state index >= 15 is 0 Å². The van der Waals surface area contributed by atoms with E-state index in [0.29, 0.717) is 0 Å². The van der Waals surface area contributed by atoms with Crippen molar-refractivity contribution in [3.63, 3.8) is 0 Å². The van der Waals surface area contributed by atoms with Crippen molar-refractivity contribution in [3.05, 3.63) is 12.2 Å². The molecule has 0 bridgehead atoms. The maximum atomic E-state index is 6.14. The Morgan fingerprint density at radius 2 is 2.10 bits per heavy atom. The summed E-state index contributed by atoms with van der Waals surface area (Å²) in [4.78, 5) is 4.47. The molecule has 0 amide bonds.